The van der Waals surface area contributed by atoms with E-state index in [0.717, 1.165) is 18.7 Å². The van der Waals surface area contributed by atoms with Crippen LogP contribution in [0.15, 0.2) is 54.6 Å². The summed E-state index contributed by atoms with van der Waals surface area (Å²) in [4.78, 5) is 11.7. The number of aryl methyl sites for hydroxylation is 1. The number of hydrogen-bond acceptors (Lipinski definition) is 1. The van der Waals surface area contributed by atoms with Gasteiger partial charge < -0.3 is 5.32 Å². The summed E-state index contributed by atoms with van der Waals surface area (Å²) in [6.45, 7) is 9.74. The second-order valence-electron chi connectivity index (χ2n) is 9.45. The molecule has 0 fully saturated rings. The Labute approximate surface area is 184 Å². The van der Waals surface area contributed by atoms with Crippen LogP contribution >= 0.6 is 0 Å². The minimum absolute atomic E-state index is 0.0295. The predicted octanol–water partition coefficient (Wildman–Crippen LogP) is 2.01. The Morgan fingerprint density at radius 1 is 1.00 bits per heavy atom. The molecule has 0 spiro atoms. The molecule has 2 aliphatic heterocycles. The number of rotatable bonds is 2. The van der Waals surface area contributed by atoms with E-state index in [9.17, 15) is 4.79 Å². The van der Waals surface area contributed by atoms with Crippen LogP contribution < -0.4 is 30.8 Å². The largest absolute Gasteiger partial charge is 0.326 e. The fraction of sp³-hybridized carbons (Fsp3) is 0.259. The lowest BCUT2D eigenvalue weighted by Gasteiger charge is -2.33. The van der Waals surface area contributed by atoms with Gasteiger partial charge in [0.15, 0.2) is 0 Å². The molecular formula is C27H29N2OSi+. The topological polar surface area (TPSA) is 32.1 Å². The highest BCUT2D eigenvalue weighted by Gasteiger charge is 2.37. The number of hydrogen-bond donors (Lipinski definition) is 1. The average molecular weight is 426 g/mol. The first-order valence-electron chi connectivity index (χ1n) is 11.0. The molecular weight excluding hydrogens is 396 g/mol. The molecule has 2 heterocycles. The van der Waals surface area contributed by atoms with Crippen LogP contribution in [0.4, 0.5) is 5.69 Å². The molecule has 31 heavy (non-hydrogen) atoms. The number of fused-ring (bicyclic) bond motifs is 3. The van der Waals surface area contributed by atoms with Crippen LogP contribution in [0.25, 0.3) is 5.57 Å². The molecule has 1 N–H and O–H groups in total. The first-order chi connectivity index (χ1) is 14.8. The molecule has 0 radical (unpaired) electrons. The van der Waals surface area contributed by atoms with E-state index < -0.39 is 8.07 Å². The van der Waals surface area contributed by atoms with Gasteiger partial charge in [-0.25, -0.2) is 4.58 Å². The van der Waals surface area contributed by atoms with Crippen molar-refractivity contribution in [1.29, 1.82) is 0 Å². The summed E-state index contributed by atoms with van der Waals surface area (Å²) in [5.74, 6) is -0.0295. The van der Waals surface area contributed by atoms with Gasteiger partial charge in [0.25, 0.3) is 0 Å². The molecule has 0 unspecified atom stereocenters. The molecule has 3 aromatic rings. The molecule has 0 saturated carbocycles. The van der Waals surface area contributed by atoms with Crippen molar-refractivity contribution in [1.82, 2.24) is 4.58 Å². The summed E-state index contributed by atoms with van der Waals surface area (Å²) in [5.41, 5.74) is 7.58. The smallest absolute Gasteiger partial charge is 0.221 e. The van der Waals surface area contributed by atoms with Crippen LogP contribution in [0.2, 0.25) is 13.1 Å². The number of carbonyl (C=O) groups is 1. The molecule has 1 amide bonds. The number of nitrogens with zero attached hydrogens (tertiary/aromatic N) is 1. The Morgan fingerprint density at radius 3 is 2.52 bits per heavy atom. The lowest BCUT2D eigenvalue weighted by Crippen LogP contribution is -2.63. The van der Waals surface area contributed by atoms with Crippen LogP contribution in [0.5, 0.6) is 0 Å². The minimum atomic E-state index is -1.98. The van der Waals surface area contributed by atoms with Gasteiger partial charge in [0.1, 0.15) is 21.7 Å². The Bertz CT molecular complexity index is 1380. The average Bonchev–Trinajstić information content (AvgIpc) is 3.08. The van der Waals surface area contributed by atoms with Gasteiger partial charge in [-0.3, -0.25) is 4.79 Å². The van der Waals surface area contributed by atoms with Gasteiger partial charge in [0.2, 0.25) is 11.3 Å². The molecule has 156 valence electrons. The first kappa shape index (κ1) is 19.9. The summed E-state index contributed by atoms with van der Waals surface area (Å²) in [7, 11) is 0.221. The van der Waals surface area contributed by atoms with Gasteiger partial charge in [-0.15, -0.1) is 0 Å². The summed E-state index contributed by atoms with van der Waals surface area (Å²) in [6, 6.07) is 20.1. The van der Waals surface area contributed by atoms with Gasteiger partial charge in [0.05, 0.1) is 0 Å². The molecule has 0 atom stereocenters. The maximum absolute atomic E-state index is 11.7. The fourth-order valence-corrected chi connectivity index (χ4v) is 8.37. The van der Waals surface area contributed by atoms with Crippen molar-refractivity contribution in [3.8, 4) is 0 Å². The zero-order chi connectivity index (χ0) is 21.9. The molecule has 0 aromatic heterocycles. The highest BCUT2D eigenvalue weighted by Crippen LogP contribution is 2.28. The highest BCUT2D eigenvalue weighted by atomic mass is 28.3. The van der Waals surface area contributed by atoms with Crippen LogP contribution in [0, 0.1) is 6.92 Å². The van der Waals surface area contributed by atoms with Crippen LogP contribution in [0.1, 0.15) is 29.2 Å². The Kier molecular flexibility index (Phi) is 4.52. The van der Waals surface area contributed by atoms with Crippen LogP contribution in [-0.4, -0.2) is 27.6 Å². The number of benzene rings is 3. The zero-order valence-corrected chi connectivity index (χ0v) is 20.0. The van der Waals surface area contributed by atoms with E-state index in [4.69, 9.17) is 0 Å². The van der Waals surface area contributed by atoms with Crippen molar-refractivity contribution in [3.05, 3.63) is 87.4 Å². The molecule has 4 heteroatoms. The summed E-state index contributed by atoms with van der Waals surface area (Å²) >= 11 is 0. The van der Waals surface area contributed by atoms with Crippen molar-refractivity contribution >= 4 is 35.6 Å². The molecule has 0 saturated heterocycles. The van der Waals surface area contributed by atoms with E-state index >= 15 is 0 Å². The number of likely N-dealkylation sites (N-methyl/N-ethyl adjacent to an activating group) is 1. The third-order valence-electron chi connectivity index (χ3n) is 6.99. The monoisotopic (exact) mass is 425 g/mol. The predicted molar refractivity (Wildman–Crippen MR) is 132 cm³/mol. The van der Waals surface area contributed by atoms with E-state index in [1.807, 2.05) is 0 Å². The van der Waals surface area contributed by atoms with E-state index in [1.54, 1.807) is 6.92 Å². The third-order valence-corrected chi connectivity index (χ3v) is 10.5. The van der Waals surface area contributed by atoms with Crippen molar-refractivity contribution in [2.24, 2.45) is 0 Å². The fourth-order valence-electron chi connectivity index (χ4n) is 5.32. The maximum atomic E-state index is 11.7. The van der Waals surface area contributed by atoms with Crippen molar-refractivity contribution in [3.63, 3.8) is 0 Å². The molecule has 0 bridgehead atoms. The molecule has 3 nitrogen and oxygen atoms in total. The quantitative estimate of drug-likeness (QED) is 0.494. The first-order valence-corrected chi connectivity index (χ1v) is 14.0. The van der Waals surface area contributed by atoms with Gasteiger partial charge >= 0.3 is 0 Å². The Balaban J connectivity index is 1.93. The summed E-state index contributed by atoms with van der Waals surface area (Å²) in [6.07, 6.45) is 1.11. The minimum Gasteiger partial charge on any atom is -0.326 e. The molecule has 0 aliphatic carbocycles. The van der Waals surface area contributed by atoms with Crippen LogP contribution in [-0.2, 0) is 11.2 Å². The lowest BCUT2D eigenvalue weighted by atomic mass is 9.91. The van der Waals surface area contributed by atoms with E-state index in [0.29, 0.717) is 0 Å². The van der Waals surface area contributed by atoms with Gasteiger partial charge in [-0.05, 0) is 63.0 Å². The van der Waals surface area contributed by atoms with E-state index in [1.165, 1.54) is 48.8 Å². The Hall–Kier alpha value is -2.98. The Morgan fingerprint density at radius 2 is 1.77 bits per heavy atom. The highest BCUT2D eigenvalue weighted by molar-refractivity contribution is 7.01. The number of carbonyl (C=O) groups excluding carboxylic acids is 1. The van der Waals surface area contributed by atoms with Gasteiger partial charge in [-0.2, -0.15) is 0 Å². The lowest BCUT2D eigenvalue weighted by molar-refractivity contribution is -0.114. The van der Waals surface area contributed by atoms with Gasteiger partial charge in [-0.1, -0.05) is 43.4 Å². The van der Waals surface area contributed by atoms with E-state index in [-0.39, 0.29) is 5.91 Å². The SMILES string of the molecule is CC(=O)Nc1ccc2c(c1)[Si](C)(C)c1cc3c(cc1=C2c1ccccc1C)CC[N+]=3C. The number of amides is 1. The standard InChI is InChI=1S/C27H28N2OSi/c1-17-8-6-7-9-21(17)27-22-11-10-20(28-18(2)30)15-25(22)31(4,5)26-16-24-19(14-23(26)27)12-13-29(24)3/h6-11,14-16H,12-13H2,1-5H3/p+1. The number of nitrogens with one attached hydrogen (secondary N) is 1. The summed E-state index contributed by atoms with van der Waals surface area (Å²) in [5, 5.41) is 8.66. The molecule has 3 aromatic carbocycles. The van der Waals surface area contributed by atoms with Crippen molar-refractivity contribution in [2.75, 3.05) is 18.9 Å². The third kappa shape index (κ3) is 3.09. The summed E-state index contributed by atoms with van der Waals surface area (Å²) < 4.78 is 2.39. The zero-order valence-electron chi connectivity index (χ0n) is 19.0. The molecule has 2 aliphatic rings. The maximum Gasteiger partial charge on any atom is 0.221 e. The van der Waals surface area contributed by atoms with E-state index in [2.05, 4.69) is 91.6 Å². The second-order valence-corrected chi connectivity index (χ2v) is 13.8. The van der Waals surface area contributed by atoms with Gasteiger partial charge in [0, 0.05) is 30.7 Å². The van der Waals surface area contributed by atoms with Crippen LogP contribution in [0.3, 0.4) is 0 Å². The van der Waals surface area contributed by atoms with Crippen molar-refractivity contribution < 1.29 is 4.79 Å². The normalized spacial score (nSPS) is 15.9. The molecule has 5 rings (SSSR count). The number of anilines is 1. The second kappa shape index (κ2) is 7.03. The van der Waals surface area contributed by atoms with Crippen molar-refractivity contribution in [2.45, 2.75) is 33.4 Å².